The van der Waals surface area contributed by atoms with Gasteiger partial charge in [0.2, 0.25) is 6.08 Å². The van der Waals surface area contributed by atoms with E-state index >= 15 is 0 Å². The van der Waals surface area contributed by atoms with E-state index in [-0.39, 0.29) is 5.41 Å². The number of aromatic nitrogens is 1. The topological polar surface area (TPSA) is 42.3 Å². The van der Waals surface area contributed by atoms with Gasteiger partial charge in [-0.3, -0.25) is 4.98 Å². The smallest absolute Gasteiger partial charge is 0.240 e. The summed E-state index contributed by atoms with van der Waals surface area (Å²) in [4.78, 5) is 18.6. The van der Waals surface area contributed by atoms with Crippen LogP contribution in [0.15, 0.2) is 17.3 Å². The summed E-state index contributed by atoms with van der Waals surface area (Å²) in [5.74, 6) is 0.501. The van der Waals surface area contributed by atoms with E-state index in [1.807, 2.05) is 12.3 Å². The minimum Gasteiger partial charge on any atom is -0.258 e. The molecule has 3 nitrogen and oxygen atoms in total. The van der Waals surface area contributed by atoms with Crippen molar-refractivity contribution in [1.29, 1.82) is 0 Å². The molecule has 1 aromatic rings. The molecular formula is C13H16N2O. The third-order valence-electron chi connectivity index (χ3n) is 2.89. The van der Waals surface area contributed by atoms with Gasteiger partial charge in [-0.2, -0.15) is 4.99 Å². The van der Waals surface area contributed by atoms with Crippen LogP contribution in [-0.4, -0.2) is 11.1 Å². The summed E-state index contributed by atoms with van der Waals surface area (Å²) in [6.07, 6.45) is 5.83. The van der Waals surface area contributed by atoms with Gasteiger partial charge in [-0.25, -0.2) is 4.79 Å². The van der Waals surface area contributed by atoms with Gasteiger partial charge in [-0.15, -0.1) is 0 Å². The summed E-state index contributed by atoms with van der Waals surface area (Å²) in [6, 6.07) is 1.96. The molecule has 0 unspecified atom stereocenters. The second kappa shape index (κ2) is 3.84. The van der Waals surface area contributed by atoms with E-state index < -0.39 is 0 Å². The van der Waals surface area contributed by atoms with Crippen molar-refractivity contribution in [3.63, 3.8) is 0 Å². The van der Waals surface area contributed by atoms with Gasteiger partial charge in [0.05, 0.1) is 11.4 Å². The van der Waals surface area contributed by atoms with Crippen molar-refractivity contribution >= 4 is 11.8 Å². The molecule has 0 N–H and O–H groups in total. The Labute approximate surface area is 95.6 Å². The molecule has 0 spiro atoms. The van der Waals surface area contributed by atoms with Crippen LogP contribution < -0.4 is 0 Å². The largest absolute Gasteiger partial charge is 0.258 e. The van der Waals surface area contributed by atoms with E-state index in [1.165, 1.54) is 0 Å². The minimum atomic E-state index is 0.0300. The van der Waals surface area contributed by atoms with Crippen molar-refractivity contribution in [1.82, 2.24) is 4.98 Å². The van der Waals surface area contributed by atoms with E-state index in [4.69, 9.17) is 0 Å². The average Bonchev–Trinajstić information content (AvgIpc) is 3.00. The Morgan fingerprint density at radius 3 is 2.62 bits per heavy atom. The lowest BCUT2D eigenvalue weighted by molar-refractivity contribution is 0.565. The highest BCUT2D eigenvalue weighted by Crippen LogP contribution is 2.43. The van der Waals surface area contributed by atoms with E-state index in [9.17, 15) is 4.79 Å². The molecule has 1 aliphatic carbocycles. The first-order valence-corrected chi connectivity index (χ1v) is 5.60. The van der Waals surface area contributed by atoms with Gasteiger partial charge in [0.25, 0.3) is 0 Å². The Morgan fingerprint density at radius 2 is 2.12 bits per heavy atom. The Balaban J connectivity index is 2.47. The van der Waals surface area contributed by atoms with Crippen molar-refractivity contribution in [3.05, 3.63) is 23.5 Å². The second-order valence-electron chi connectivity index (χ2n) is 5.36. The summed E-state index contributed by atoms with van der Waals surface area (Å²) in [6.45, 7) is 6.36. The van der Waals surface area contributed by atoms with Crippen molar-refractivity contribution < 1.29 is 4.79 Å². The normalized spacial score (nSPS) is 15.7. The van der Waals surface area contributed by atoms with Crippen LogP contribution in [0.5, 0.6) is 0 Å². The Kier molecular flexibility index (Phi) is 2.64. The Hall–Kier alpha value is -1.47. The summed E-state index contributed by atoms with van der Waals surface area (Å²) in [5.41, 5.74) is 2.79. The maximum atomic E-state index is 10.4. The van der Waals surface area contributed by atoms with Crippen molar-refractivity contribution in [3.8, 4) is 0 Å². The van der Waals surface area contributed by atoms with Crippen LogP contribution in [0, 0.1) is 0 Å². The SMILES string of the molecule is CC(C)(C)c1cnc(C2CC2)c(N=C=O)c1. The summed E-state index contributed by atoms with van der Waals surface area (Å²) >= 11 is 0. The molecule has 2 rings (SSSR count). The highest BCUT2D eigenvalue weighted by Gasteiger charge is 2.28. The third kappa shape index (κ3) is 2.20. The maximum Gasteiger partial charge on any atom is 0.240 e. The molecule has 0 saturated heterocycles. The number of aliphatic imine (C=N–C) groups is 1. The highest BCUT2D eigenvalue weighted by molar-refractivity contribution is 5.55. The fraction of sp³-hybridized carbons (Fsp3) is 0.538. The molecule has 1 aromatic heterocycles. The standard InChI is InChI=1S/C13H16N2O/c1-13(2,3)10-6-11(15-8-16)12(14-7-10)9-4-5-9/h6-7,9H,4-5H2,1-3H3. The van der Waals surface area contributed by atoms with E-state index in [0.29, 0.717) is 11.6 Å². The number of nitrogens with zero attached hydrogens (tertiary/aromatic N) is 2. The van der Waals surface area contributed by atoms with Crippen LogP contribution in [0.1, 0.15) is 50.8 Å². The van der Waals surface area contributed by atoms with Gasteiger partial charge in [0, 0.05) is 12.1 Å². The first-order valence-electron chi connectivity index (χ1n) is 5.60. The molecule has 0 bridgehead atoms. The highest BCUT2D eigenvalue weighted by atomic mass is 16.1. The summed E-state index contributed by atoms with van der Waals surface area (Å²) in [7, 11) is 0. The molecule has 3 heteroatoms. The molecule has 1 heterocycles. The minimum absolute atomic E-state index is 0.0300. The fourth-order valence-corrected chi connectivity index (χ4v) is 1.68. The zero-order valence-electron chi connectivity index (χ0n) is 9.95. The molecule has 0 aromatic carbocycles. The number of hydrogen-bond acceptors (Lipinski definition) is 3. The average molecular weight is 216 g/mol. The summed E-state index contributed by atoms with van der Waals surface area (Å²) < 4.78 is 0. The van der Waals surface area contributed by atoms with Gasteiger partial charge in [-0.05, 0) is 29.9 Å². The molecule has 0 aliphatic heterocycles. The predicted octanol–water partition coefficient (Wildman–Crippen LogP) is 3.22. The lowest BCUT2D eigenvalue weighted by atomic mass is 9.88. The molecule has 0 radical (unpaired) electrons. The first kappa shape index (κ1) is 11.0. The van der Waals surface area contributed by atoms with Crippen LogP contribution in [0.3, 0.4) is 0 Å². The lowest BCUT2D eigenvalue weighted by Crippen LogP contribution is -2.11. The van der Waals surface area contributed by atoms with Gasteiger partial charge >= 0.3 is 0 Å². The molecule has 1 aliphatic rings. The molecule has 1 fully saturated rings. The van der Waals surface area contributed by atoms with Crippen molar-refractivity contribution in [2.45, 2.75) is 44.9 Å². The van der Waals surface area contributed by atoms with Crippen LogP contribution in [-0.2, 0) is 10.2 Å². The number of isocyanates is 1. The lowest BCUT2D eigenvalue weighted by Gasteiger charge is -2.19. The molecule has 0 amide bonds. The van der Waals surface area contributed by atoms with Crippen molar-refractivity contribution in [2.24, 2.45) is 4.99 Å². The van der Waals surface area contributed by atoms with Crippen LogP contribution in [0.2, 0.25) is 0 Å². The number of carbonyl (C=O) groups excluding carboxylic acids is 1. The molecule has 84 valence electrons. The zero-order valence-corrected chi connectivity index (χ0v) is 9.95. The number of rotatable bonds is 2. The first-order chi connectivity index (χ1) is 7.52. The van der Waals surface area contributed by atoms with E-state index in [2.05, 4.69) is 30.7 Å². The van der Waals surface area contributed by atoms with Crippen LogP contribution in [0.4, 0.5) is 5.69 Å². The van der Waals surface area contributed by atoms with E-state index in [1.54, 1.807) is 6.08 Å². The molecule has 16 heavy (non-hydrogen) atoms. The third-order valence-corrected chi connectivity index (χ3v) is 2.89. The zero-order chi connectivity index (χ0) is 11.8. The van der Waals surface area contributed by atoms with Gasteiger partial charge < -0.3 is 0 Å². The van der Waals surface area contributed by atoms with Crippen molar-refractivity contribution in [2.75, 3.05) is 0 Å². The Morgan fingerprint density at radius 1 is 1.44 bits per heavy atom. The van der Waals surface area contributed by atoms with Crippen LogP contribution >= 0.6 is 0 Å². The molecule has 0 atom stereocenters. The quantitative estimate of drug-likeness (QED) is 0.562. The summed E-state index contributed by atoms with van der Waals surface area (Å²) in [5, 5.41) is 0. The fourth-order valence-electron chi connectivity index (χ4n) is 1.68. The number of hydrogen-bond donors (Lipinski definition) is 0. The van der Waals surface area contributed by atoms with Gasteiger partial charge in [-0.1, -0.05) is 20.8 Å². The second-order valence-corrected chi connectivity index (χ2v) is 5.36. The number of pyridine rings is 1. The maximum absolute atomic E-state index is 10.4. The monoisotopic (exact) mass is 216 g/mol. The van der Waals surface area contributed by atoms with Crippen LogP contribution in [0.25, 0.3) is 0 Å². The van der Waals surface area contributed by atoms with Gasteiger partial charge in [0.15, 0.2) is 0 Å². The van der Waals surface area contributed by atoms with Gasteiger partial charge in [0.1, 0.15) is 0 Å². The van der Waals surface area contributed by atoms with E-state index in [0.717, 1.165) is 24.1 Å². The Bertz CT molecular complexity index is 449. The molecular weight excluding hydrogens is 200 g/mol. The molecule has 1 saturated carbocycles. The predicted molar refractivity (Wildman–Crippen MR) is 62.7 cm³/mol.